The predicted molar refractivity (Wildman–Crippen MR) is 77.8 cm³/mol. The lowest BCUT2D eigenvalue weighted by molar-refractivity contribution is -0.370. The summed E-state index contributed by atoms with van der Waals surface area (Å²) in [6, 6.07) is 13.8. The second-order valence-electron chi connectivity index (χ2n) is 4.34. The fourth-order valence-electron chi connectivity index (χ4n) is 1.87. The van der Waals surface area contributed by atoms with Gasteiger partial charge in [-0.25, -0.2) is 4.98 Å². The van der Waals surface area contributed by atoms with Crippen molar-refractivity contribution in [1.29, 1.82) is 0 Å². The second kappa shape index (κ2) is 5.71. The minimum absolute atomic E-state index is 0.0940. The van der Waals surface area contributed by atoms with Crippen LogP contribution >= 0.6 is 11.3 Å². The van der Waals surface area contributed by atoms with Crippen LogP contribution in [-0.4, -0.2) is 10.5 Å². The summed E-state index contributed by atoms with van der Waals surface area (Å²) in [6.45, 7) is 0.530. The zero-order valence-corrected chi connectivity index (χ0v) is 11.6. The van der Waals surface area contributed by atoms with Gasteiger partial charge >= 0.3 is 5.13 Å². The SMILES string of the molecule is O=C(NCc1ccccc1)c1csc(-n2cccc2)[nH+]1. The van der Waals surface area contributed by atoms with Gasteiger partial charge < -0.3 is 5.32 Å². The number of benzene rings is 1. The van der Waals surface area contributed by atoms with Gasteiger partial charge in [-0.1, -0.05) is 41.7 Å². The Morgan fingerprint density at radius 2 is 1.90 bits per heavy atom. The molecule has 2 heterocycles. The fourth-order valence-corrected chi connectivity index (χ4v) is 2.68. The highest BCUT2D eigenvalue weighted by atomic mass is 32.1. The number of amides is 1. The van der Waals surface area contributed by atoms with Crippen molar-refractivity contribution >= 4 is 17.2 Å². The van der Waals surface area contributed by atoms with E-state index in [4.69, 9.17) is 0 Å². The van der Waals surface area contributed by atoms with Crippen LogP contribution in [0.4, 0.5) is 0 Å². The molecule has 0 radical (unpaired) electrons. The molecule has 20 heavy (non-hydrogen) atoms. The molecule has 0 aliphatic carbocycles. The van der Waals surface area contributed by atoms with Crippen LogP contribution in [0.15, 0.2) is 60.2 Å². The van der Waals surface area contributed by atoms with Crippen molar-refractivity contribution in [2.45, 2.75) is 6.54 Å². The van der Waals surface area contributed by atoms with Crippen LogP contribution in [0.5, 0.6) is 0 Å². The molecule has 3 rings (SSSR count). The van der Waals surface area contributed by atoms with Crippen LogP contribution in [0, 0.1) is 0 Å². The first-order valence-electron chi connectivity index (χ1n) is 6.29. The second-order valence-corrected chi connectivity index (χ2v) is 5.20. The van der Waals surface area contributed by atoms with Gasteiger partial charge in [0.15, 0.2) is 0 Å². The summed E-state index contributed by atoms with van der Waals surface area (Å²) in [7, 11) is 0. The van der Waals surface area contributed by atoms with Gasteiger partial charge in [-0.3, -0.25) is 4.79 Å². The van der Waals surface area contributed by atoms with Gasteiger partial charge in [0.2, 0.25) is 5.69 Å². The van der Waals surface area contributed by atoms with Gasteiger partial charge in [0.05, 0.1) is 17.8 Å². The van der Waals surface area contributed by atoms with E-state index in [1.165, 1.54) is 11.3 Å². The molecule has 0 saturated heterocycles. The maximum absolute atomic E-state index is 12.1. The van der Waals surface area contributed by atoms with Crippen LogP contribution in [0.3, 0.4) is 0 Å². The molecule has 0 saturated carbocycles. The average molecular weight is 284 g/mol. The third-order valence-corrected chi connectivity index (χ3v) is 3.80. The highest BCUT2D eigenvalue weighted by molar-refractivity contribution is 7.11. The van der Waals surface area contributed by atoms with Crippen LogP contribution in [0.2, 0.25) is 0 Å². The lowest BCUT2D eigenvalue weighted by Crippen LogP contribution is -2.28. The molecule has 0 aliphatic rings. The summed E-state index contributed by atoms with van der Waals surface area (Å²) >= 11 is 1.50. The number of hydrogen-bond acceptors (Lipinski definition) is 2. The van der Waals surface area contributed by atoms with E-state index in [0.717, 1.165) is 10.7 Å². The molecule has 1 aromatic carbocycles. The van der Waals surface area contributed by atoms with Gasteiger partial charge in [0.1, 0.15) is 0 Å². The van der Waals surface area contributed by atoms with Crippen molar-refractivity contribution in [2.75, 3.05) is 0 Å². The van der Waals surface area contributed by atoms with E-state index in [1.807, 2.05) is 64.8 Å². The standard InChI is InChI=1S/C15H13N3OS/c19-14(16-10-12-6-2-1-3-7-12)13-11-20-15(17-13)18-8-4-5-9-18/h1-9,11H,10H2,(H,16,19)/p+1. The first kappa shape index (κ1) is 12.6. The third-order valence-electron chi connectivity index (χ3n) is 2.91. The Bertz CT molecular complexity index is 689. The molecule has 0 aliphatic heterocycles. The van der Waals surface area contributed by atoms with Crippen LogP contribution in [-0.2, 0) is 6.54 Å². The maximum atomic E-state index is 12.1. The van der Waals surface area contributed by atoms with E-state index in [2.05, 4.69) is 10.3 Å². The summed E-state index contributed by atoms with van der Waals surface area (Å²) in [6.07, 6.45) is 3.88. The summed E-state index contributed by atoms with van der Waals surface area (Å²) in [5, 5.41) is 5.65. The number of rotatable bonds is 4. The Kier molecular flexibility index (Phi) is 3.60. The molecule has 100 valence electrons. The van der Waals surface area contributed by atoms with Crippen molar-refractivity contribution in [3.63, 3.8) is 0 Å². The number of hydrogen-bond donors (Lipinski definition) is 1. The Morgan fingerprint density at radius 3 is 2.65 bits per heavy atom. The number of nitrogens with zero attached hydrogens (tertiary/aromatic N) is 1. The third kappa shape index (κ3) is 2.78. The van der Waals surface area contributed by atoms with E-state index in [9.17, 15) is 4.79 Å². The van der Waals surface area contributed by atoms with E-state index in [-0.39, 0.29) is 5.91 Å². The van der Waals surface area contributed by atoms with Crippen molar-refractivity contribution in [2.24, 2.45) is 0 Å². The molecular weight excluding hydrogens is 270 g/mol. The Morgan fingerprint density at radius 1 is 1.15 bits per heavy atom. The monoisotopic (exact) mass is 284 g/mol. The van der Waals surface area contributed by atoms with E-state index >= 15 is 0 Å². The molecule has 3 aromatic rings. The Hall–Kier alpha value is -2.40. The molecule has 2 aromatic heterocycles. The Labute approximate surface area is 120 Å². The number of aromatic amines is 1. The largest absolute Gasteiger partial charge is 0.345 e. The van der Waals surface area contributed by atoms with Gasteiger partial charge in [-0.05, 0) is 17.7 Å². The maximum Gasteiger partial charge on any atom is 0.343 e. The molecule has 0 bridgehead atoms. The zero-order valence-electron chi connectivity index (χ0n) is 10.7. The number of carbonyl (C=O) groups is 1. The van der Waals surface area contributed by atoms with Crippen molar-refractivity contribution in [3.05, 3.63) is 71.5 Å². The number of H-pyrrole nitrogens is 1. The van der Waals surface area contributed by atoms with Gasteiger partial charge in [0.25, 0.3) is 5.91 Å². The topological polar surface area (TPSA) is 48.2 Å². The molecule has 0 fully saturated rings. The number of nitrogens with one attached hydrogen (secondary N) is 2. The molecule has 0 spiro atoms. The average Bonchev–Trinajstić information content (AvgIpc) is 3.16. The van der Waals surface area contributed by atoms with Crippen LogP contribution in [0.25, 0.3) is 5.13 Å². The number of aromatic nitrogens is 2. The van der Waals surface area contributed by atoms with Gasteiger partial charge in [0, 0.05) is 6.54 Å². The molecule has 0 atom stereocenters. The summed E-state index contributed by atoms with van der Waals surface area (Å²) in [5.41, 5.74) is 1.66. The van der Waals surface area contributed by atoms with E-state index in [0.29, 0.717) is 12.2 Å². The summed E-state index contributed by atoms with van der Waals surface area (Å²) < 4.78 is 1.94. The lowest BCUT2D eigenvalue weighted by atomic mass is 10.2. The number of carbonyl (C=O) groups excluding carboxylic acids is 1. The minimum atomic E-state index is -0.0940. The van der Waals surface area contributed by atoms with E-state index in [1.54, 1.807) is 0 Å². The van der Waals surface area contributed by atoms with Crippen molar-refractivity contribution in [1.82, 2.24) is 9.88 Å². The van der Waals surface area contributed by atoms with Crippen molar-refractivity contribution in [3.8, 4) is 5.13 Å². The van der Waals surface area contributed by atoms with Crippen LogP contribution in [0.1, 0.15) is 16.1 Å². The first-order valence-corrected chi connectivity index (χ1v) is 7.17. The normalized spacial score (nSPS) is 10.4. The molecule has 5 heteroatoms. The summed E-state index contributed by atoms with van der Waals surface area (Å²) in [5.74, 6) is -0.0940. The molecular formula is C15H14N3OS+. The first-order chi connectivity index (χ1) is 9.83. The predicted octanol–water partition coefficient (Wildman–Crippen LogP) is 2.28. The molecule has 1 amide bonds. The van der Waals surface area contributed by atoms with Gasteiger partial charge in [-0.2, -0.15) is 4.57 Å². The zero-order chi connectivity index (χ0) is 13.8. The fraction of sp³-hybridized carbons (Fsp3) is 0.0667. The number of thiazole rings is 1. The molecule has 2 N–H and O–H groups in total. The highest BCUT2D eigenvalue weighted by Crippen LogP contribution is 2.10. The van der Waals surface area contributed by atoms with Gasteiger partial charge in [-0.15, -0.1) is 0 Å². The van der Waals surface area contributed by atoms with Crippen LogP contribution < -0.4 is 10.3 Å². The minimum Gasteiger partial charge on any atom is -0.345 e. The Balaban J connectivity index is 1.66. The quantitative estimate of drug-likeness (QED) is 0.785. The smallest absolute Gasteiger partial charge is 0.343 e. The lowest BCUT2D eigenvalue weighted by Gasteiger charge is -2.01. The van der Waals surface area contributed by atoms with Crippen molar-refractivity contribution < 1.29 is 9.78 Å². The molecule has 0 unspecified atom stereocenters. The highest BCUT2D eigenvalue weighted by Gasteiger charge is 2.15. The molecule has 4 nitrogen and oxygen atoms in total. The van der Waals surface area contributed by atoms with E-state index < -0.39 is 0 Å². The summed E-state index contributed by atoms with van der Waals surface area (Å²) in [4.78, 5) is 15.2.